The summed E-state index contributed by atoms with van der Waals surface area (Å²) < 4.78 is 14.3. The number of aromatic amines is 1. The molecule has 1 amide bonds. The van der Waals surface area contributed by atoms with Crippen molar-refractivity contribution in [2.24, 2.45) is 23.2 Å². The number of fused-ring (bicyclic) bond motifs is 3. The van der Waals surface area contributed by atoms with E-state index in [2.05, 4.69) is 36.1 Å². The SMILES string of the molecule is Cc1nc2[nH]c(C(=O)N[C@H]3C4C[C@@H]([C@@H]3C)C(C)(C)C4)cc2c(F)c1Cl. The summed E-state index contributed by atoms with van der Waals surface area (Å²) in [5.74, 6) is 0.887. The second-order valence-corrected chi connectivity index (χ2v) is 8.80. The number of hydrogen-bond acceptors (Lipinski definition) is 2. The number of halogens is 2. The van der Waals surface area contributed by atoms with Gasteiger partial charge in [0.05, 0.1) is 16.1 Å². The minimum Gasteiger partial charge on any atom is -0.347 e. The highest BCUT2D eigenvalue weighted by atomic mass is 35.5. The normalized spacial score (nSPS) is 30.2. The number of H-pyrrole nitrogens is 1. The van der Waals surface area contributed by atoms with E-state index in [1.54, 1.807) is 6.92 Å². The van der Waals surface area contributed by atoms with Crippen LogP contribution in [0.4, 0.5) is 4.39 Å². The summed E-state index contributed by atoms with van der Waals surface area (Å²) in [6, 6.07) is 1.68. The maximum Gasteiger partial charge on any atom is 0.268 e. The number of aryl methyl sites for hydroxylation is 1. The highest BCUT2D eigenvalue weighted by Crippen LogP contribution is 2.58. The summed E-state index contributed by atoms with van der Waals surface area (Å²) in [7, 11) is 0. The summed E-state index contributed by atoms with van der Waals surface area (Å²) >= 11 is 5.92. The lowest BCUT2D eigenvalue weighted by atomic mass is 9.70. The van der Waals surface area contributed by atoms with Gasteiger partial charge in [0, 0.05) is 6.04 Å². The lowest BCUT2D eigenvalue weighted by molar-refractivity contribution is 0.0832. The molecule has 2 bridgehead atoms. The van der Waals surface area contributed by atoms with E-state index in [4.69, 9.17) is 11.6 Å². The number of hydrogen-bond donors (Lipinski definition) is 2. The molecule has 4 nitrogen and oxygen atoms in total. The first-order chi connectivity index (χ1) is 11.7. The number of amides is 1. The molecule has 2 aromatic rings. The maximum atomic E-state index is 14.3. The van der Waals surface area contributed by atoms with Crippen molar-refractivity contribution in [3.05, 3.63) is 28.3 Å². The van der Waals surface area contributed by atoms with Gasteiger partial charge in [0.15, 0.2) is 5.82 Å². The molecule has 4 rings (SSSR count). The third-order valence-corrected chi connectivity index (χ3v) is 6.86. The molecule has 0 aliphatic heterocycles. The summed E-state index contributed by atoms with van der Waals surface area (Å²) in [5.41, 5.74) is 1.45. The second kappa shape index (κ2) is 5.44. The van der Waals surface area contributed by atoms with Gasteiger partial charge < -0.3 is 10.3 Å². The summed E-state index contributed by atoms with van der Waals surface area (Å²) in [6.45, 7) is 8.52. The van der Waals surface area contributed by atoms with Crippen molar-refractivity contribution >= 4 is 28.5 Å². The van der Waals surface area contributed by atoms with Crippen LogP contribution in [0.1, 0.15) is 49.8 Å². The average molecular weight is 364 g/mol. The molecule has 2 aliphatic carbocycles. The lowest BCUT2D eigenvalue weighted by Gasteiger charge is -2.39. The number of rotatable bonds is 2. The van der Waals surface area contributed by atoms with E-state index in [-0.39, 0.29) is 22.4 Å². The Morgan fingerprint density at radius 1 is 1.48 bits per heavy atom. The van der Waals surface area contributed by atoms with Crippen molar-refractivity contribution in [2.45, 2.75) is 46.6 Å². The van der Waals surface area contributed by atoms with Crippen LogP contribution in [0.5, 0.6) is 0 Å². The minimum absolute atomic E-state index is 0.00224. The molecule has 2 aliphatic rings. The zero-order valence-corrected chi connectivity index (χ0v) is 15.7. The van der Waals surface area contributed by atoms with Crippen molar-refractivity contribution in [3.63, 3.8) is 0 Å². The molecule has 0 saturated heterocycles. The number of carbonyl (C=O) groups is 1. The van der Waals surface area contributed by atoms with E-state index in [0.29, 0.717) is 40.2 Å². The molecule has 4 atom stereocenters. The molecule has 6 heteroatoms. The predicted octanol–water partition coefficient (Wildman–Crippen LogP) is 4.46. The van der Waals surface area contributed by atoms with Gasteiger partial charge in [-0.2, -0.15) is 0 Å². The summed E-state index contributed by atoms with van der Waals surface area (Å²) in [4.78, 5) is 19.9. The van der Waals surface area contributed by atoms with Crippen molar-refractivity contribution in [3.8, 4) is 0 Å². The van der Waals surface area contributed by atoms with Crippen LogP contribution in [-0.2, 0) is 0 Å². The van der Waals surface area contributed by atoms with E-state index in [1.165, 1.54) is 12.5 Å². The molecular weight excluding hydrogens is 341 g/mol. The molecule has 0 aromatic carbocycles. The molecule has 2 N–H and O–H groups in total. The maximum absolute atomic E-state index is 14.3. The van der Waals surface area contributed by atoms with Crippen molar-refractivity contribution in [1.82, 2.24) is 15.3 Å². The molecule has 0 radical (unpaired) electrons. The van der Waals surface area contributed by atoms with Crippen molar-refractivity contribution < 1.29 is 9.18 Å². The Morgan fingerprint density at radius 2 is 2.20 bits per heavy atom. The van der Waals surface area contributed by atoms with Gasteiger partial charge in [-0.05, 0) is 49.0 Å². The van der Waals surface area contributed by atoms with Crippen LogP contribution in [0.3, 0.4) is 0 Å². The monoisotopic (exact) mass is 363 g/mol. The first-order valence-corrected chi connectivity index (χ1v) is 9.22. The Bertz CT molecular complexity index is 873. The number of nitrogens with one attached hydrogen (secondary N) is 2. The Balaban J connectivity index is 1.59. The van der Waals surface area contributed by atoms with Crippen LogP contribution < -0.4 is 5.32 Å². The van der Waals surface area contributed by atoms with Crippen LogP contribution in [0.2, 0.25) is 5.02 Å². The average Bonchev–Trinajstić information content (AvgIpc) is 3.17. The molecular formula is C19H23ClFN3O. The fraction of sp³-hybridized carbons (Fsp3) is 0.579. The summed E-state index contributed by atoms with van der Waals surface area (Å²) in [5, 5.41) is 3.43. The van der Waals surface area contributed by atoms with Crippen LogP contribution in [0.25, 0.3) is 11.0 Å². The lowest BCUT2D eigenvalue weighted by Crippen LogP contribution is -2.46. The van der Waals surface area contributed by atoms with Gasteiger partial charge in [-0.1, -0.05) is 32.4 Å². The highest BCUT2D eigenvalue weighted by Gasteiger charge is 2.54. The van der Waals surface area contributed by atoms with Crippen LogP contribution in [0.15, 0.2) is 6.07 Å². The molecule has 134 valence electrons. The number of pyridine rings is 1. The molecule has 2 aromatic heterocycles. The van der Waals surface area contributed by atoms with E-state index >= 15 is 0 Å². The second-order valence-electron chi connectivity index (χ2n) is 8.42. The zero-order valence-electron chi connectivity index (χ0n) is 14.9. The van der Waals surface area contributed by atoms with Gasteiger partial charge in [0.1, 0.15) is 11.3 Å². The Morgan fingerprint density at radius 3 is 2.84 bits per heavy atom. The van der Waals surface area contributed by atoms with Gasteiger partial charge in [-0.3, -0.25) is 4.79 Å². The van der Waals surface area contributed by atoms with Gasteiger partial charge in [0.2, 0.25) is 0 Å². The Kier molecular flexibility index (Phi) is 3.66. The van der Waals surface area contributed by atoms with Crippen molar-refractivity contribution in [2.75, 3.05) is 0 Å². The van der Waals surface area contributed by atoms with E-state index in [9.17, 15) is 9.18 Å². The Labute approximate surface area is 151 Å². The van der Waals surface area contributed by atoms with Crippen LogP contribution >= 0.6 is 11.6 Å². The van der Waals surface area contributed by atoms with E-state index in [0.717, 1.165) is 6.42 Å². The topological polar surface area (TPSA) is 57.8 Å². The molecule has 2 saturated carbocycles. The molecule has 2 heterocycles. The highest BCUT2D eigenvalue weighted by molar-refractivity contribution is 6.32. The van der Waals surface area contributed by atoms with Gasteiger partial charge >= 0.3 is 0 Å². The molecule has 2 fully saturated rings. The fourth-order valence-corrected chi connectivity index (χ4v) is 5.37. The van der Waals surface area contributed by atoms with Gasteiger partial charge in [-0.25, -0.2) is 9.37 Å². The summed E-state index contributed by atoms with van der Waals surface area (Å²) in [6.07, 6.45) is 2.32. The first kappa shape index (κ1) is 16.8. The number of aromatic nitrogens is 2. The molecule has 25 heavy (non-hydrogen) atoms. The van der Waals surface area contributed by atoms with Crippen LogP contribution in [-0.4, -0.2) is 21.9 Å². The minimum atomic E-state index is -0.533. The van der Waals surface area contributed by atoms with Gasteiger partial charge in [-0.15, -0.1) is 0 Å². The van der Waals surface area contributed by atoms with Crippen molar-refractivity contribution in [1.29, 1.82) is 0 Å². The quantitative estimate of drug-likeness (QED) is 0.827. The van der Waals surface area contributed by atoms with E-state index in [1.807, 2.05) is 0 Å². The third kappa shape index (κ3) is 2.47. The van der Waals surface area contributed by atoms with Gasteiger partial charge in [0.25, 0.3) is 5.91 Å². The third-order valence-electron chi connectivity index (χ3n) is 6.42. The zero-order chi connectivity index (χ0) is 18.1. The van der Waals surface area contributed by atoms with Crippen LogP contribution in [0, 0.1) is 35.9 Å². The fourth-order valence-electron chi connectivity index (χ4n) is 5.23. The Hall–Kier alpha value is -1.62. The molecule has 1 unspecified atom stereocenters. The van der Waals surface area contributed by atoms with E-state index < -0.39 is 5.82 Å². The first-order valence-electron chi connectivity index (χ1n) is 8.84. The number of nitrogens with zero attached hydrogens (tertiary/aromatic N) is 1. The standard InChI is InChI=1S/C19H23ClFN3O/c1-8-12-5-10(7-19(12,3)4)16(8)24-18(25)13-6-11-15(21)14(20)9(2)22-17(11)23-13/h6,8,10,12,16H,5,7H2,1-4H3,(H,22,23)(H,24,25)/t8-,10?,12-,16+/m0/s1. The predicted molar refractivity (Wildman–Crippen MR) is 96.2 cm³/mol. The number of carbonyl (C=O) groups excluding carboxylic acids is 1. The smallest absolute Gasteiger partial charge is 0.268 e. The molecule has 0 spiro atoms. The largest absolute Gasteiger partial charge is 0.347 e.